The van der Waals surface area contributed by atoms with E-state index in [9.17, 15) is 0 Å². The van der Waals surface area contributed by atoms with Gasteiger partial charge in [-0.1, -0.05) is 20.3 Å². The summed E-state index contributed by atoms with van der Waals surface area (Å²) in [5.74, 6) is 0. The van der Waals surface area contributed by atoms with Crippen LogP contribution < -0.4 is 0 Å². The number of aryl methyl sites for hydroxylation is 1. The zero-order valence-corrected chi connectivity index (χ0v) is 11.1. The quantitative estimate of drug-likeness (QED) is 0.560. The van der Waals surface area contributed by atoms with E-state index in [0.29, 0.717) is 0 Å². The number of rotatable bonds is 8. The van der Waals surface area contributed by atoms with Crippen molar-refractivity contribution in [3.8, 4) is 0 Å². The molecule has 1 aromatic heterocycles. The molecular weight excluding hydrogens is 220 g/mol. The van der Waals surface area contributed by atoms with Gasteiger partial charge in [0.1, 0.15) is 0 Å². The van der Waals surface area contributed by atoms with Gasteiger partial charge in [-0.05, 0) is 31.5 Å². The van der Waals surface area contributed by atoms with Crippen molar-refractivity contribution < 1.29 is 4.74 Å². The number of ether oxygens (including phenoxy) is 1. The molecule has 0 fully saturated rings. The van der Waals surface area contributed by atoms with Gasteiger partial charge in [0, 0.05) is 31.6 Å². The lowest BCUT2D eigenvalue weighted by Gasteiger charge is -2.07. The number of imidazole rings is 1. The molecule has 0 bridgehead atoms. The maximum absolute atomic E-state index is 5.53. The van der Waals surface area contributed by atoms with Crippen molar-refractivity contribution in [2.24, 2.45) is 0 Å². The van der Waals surface area contributed by atoms with Crippen LogP contribution in [0.4, 0.5) is 0 Å². The summed E-state index contributed by atoms with van der Waals surface area (Å²) < 4.78 is 8.52. The third-order valence-electron chi connectivity index (χ3n) is 2.63. The van der Waals surface area contributed by atoms with Gasteiger partial charge in [-0.25, -0.2) is 0 Å². The third kappa shape index (κ3) is 4.10. The second-order valence-electron chi connectivity index (χ2n) is 3.91. The molecule has 0 radical (unpaired) electrons. The van der Waals surface area contributed by atoms with Crippen molar-refractivity contribution in [1.82, 2.24) is 9.55 Å². The molecule has 1 aromatic rings. The molecule has 0 aliphatic rings. The van der Waals surface area contributed by atoms with Gasteiger partial charge >= 0.3 is 0 Å². The highest BCUT2D eigenvalue weighted by molar-refractivity contribution is 7.71. The summed E-state index contributed by atoms with van der Waals surface area (Å²) in [6.07, 6.45) is 6.40. The van der Waals surface area contributed by atoms with Crippen LogP contribution in [0.25, 0.3) is 0 Å². The molecule has 1 rings (SSSR count). The lowest BCUT2D eigenvalue weighted by Crippen LogP contribution is -2.06. The van der Waals surface area contributed by atoms with E-state index in [1.54, 1.807) is 0 Å². The van der Waals surface area contributed by atoms with Crippen LogP contribution in [-0.4, -0.2) is 22.8 Å². The molecule has 0 saturated carbocycles. The van der Waals surface area contributed by atoms with E-state index >= 15 is 0 Å². The molecule has 4 heteroatoms. The zero-order valence-electron chi connectivity index (χ0n) is 10.3. The zero-order chi connectivity index (χ0) is 11.8. The number of nitrogens with one attached hydrogen (secondary N) is 1. The highest BCUT2D eigenvalue weighted by atomic mass is 32.1. The third-order valence-corrected chi connectivity index (χ3v) is 2.97. The lowest BCUT2D eigenvalue weighted by molar-refractivity contribution is 0.125. The van der Waals surface area contributed by atoms with E-state index in [2.05, 4.69) is 23.4 Å². The summed E-state index contributed by atoms with van der Waals surface area (Å²) in [5, 5.41) is 0. The average molecular weight is 242 g/mol. The Bertz CT molecular complexity index is 343. The normalized spacial score (nSPS) is 10.9. The SMILES string of the molecule is CCCCOCCCn1c(CC)c[nH]c1=S. The molecule has 92 valence electrons. The Morgan fingerprint density at radius 3 is 2.75 bits per heavy atom. The Labute approximate surface area is 103 Å². The fourth-order valence-electron chi connectivity index (χ4n) is 1.64. The van der Waals surface area contributed by atoms with E-state index in [4.69, 9.17) is 17.0 Å². The molecule has 0 unspecified atom stereocenters. The molecule has 16 heavy (non-hydrogen) atoms. The average Bonchev–Trinajstić information content (AvgIpc) is 2.65. The number of aromatic amines is 1. The van der Waals surface area contributed by atoms with E-state index in [1.807, 2.05) is 6.20 Å². The van der Waals surface area contributed by atoms with Crippen LogP contribution in [-0.2, 0) is 17.7 Å². The van der Waals surface area contributed by atoms with Crippen LogP contribution in [0.5, 0.6) is 0 Å². The van der Waals surface area contributed by atoms with Gasteiger partial charge in [0.05, 0.1) is 0 Å². The van der Waals surface area contributed by atoms with Crippen LogP contribution in [0.1, 0.15) is 38.8 Å². The van der Waals surface area contributed by atoms with Crippen molar-refractivity contribution in [2.45, 2.75) is 46.1 Å². The van der Waals surface area contributed by atoms with Gasteiger partial charge in [-0.2, -0.15) is 0 Å². The Morgan fingerprint density at radius 1 is 1.31 bits per heavy atom. The first-order valence-electron chi connectivity index (χ1n) is 6.14. The minimum absolute atomic E-state index is 0.824. The molecule has 0 aliphatic heterocycles. The number of H-pyrrole nitrogens is 1. The molecule has 0 aliphatic carbocycles. The van der Waals surface area contributed by atoms with Crippen molar-refractivity contribution in [3.05, 3.63) is 16.7 Å². The fraction of sp³-hybridized carbons (Fsp3) is 0.750. The summed E-state index contributed by atoms with van der Waals surface area (Å²) in [7, 11) is 0. The van der Waals surface area contributed by atoms with E-state index in [-0.39, 0.29) is 0 Å². The molecule has 0 saturated heterocycles. The molecular formula is C12H22N2OS. The summed E-state index contributed by atoms with van der Waals surface area (Å²) >= 11 is 5.23. The molecule has 1 heterocycles. The summed E-state index contributed by atoms with van der Waals surface area (Å²) in [6, 6.07) is 0. The predicted octanol–water partition coefficient (Wildman–Crippen LogP) is 3.31. The van der Waals surface area contributed by atoms with E-state index in [1.165, 1.54) is 12.1 Å². The number of unbranched alkanes of at least 4 members (excludes halogenated alkanes) is 1. The van der Waals surface area contributed by atoms with Crippen LogP contribution in [0, 0.1) is 4.77 Å². The molecule has 0 aromatic carbocycles. The number of aromatic nitrogens is 2. The number of hydrogen-bond donors (Lipinski definition) is 1. The summed E-state index contributed by atoms with van der Waals surface area (Å²) in [6.45, 7) is 6.99. The Balaban J connectivity index is 2.26. The largest absolute Gasteiger partial charge is 0.381 e. The van der Waals surface area contributed by atoms with Gasteiger partial charge in [-0.15, -0.1) is 0 Å². The van der Waals surface area contributed by atoms with Crippen LogP contribution in [0.2, 0.25) is 0 Å². The monoisotopic (exact) mass is 242 g/mol. The topological polar surface area (TPSA) is 29.9 Å². The van der Waals surface area contributed by atoms with Gasteiger partial charge in [0.2, 0.25) is 0 Å². The van der Waals surface area contributed by atoms with Gasteiger partial charge in [-0.3, -0.25) is 0 Å². The van der Waals surface area contributed by atoms with Gasteiger partial charge < -0.3 is 14.3 Å². The minimum atomic E-state index is 0.824. The molecule has 3 nitrogen and oxygen atoms in total. The maximum atomic E-state index is 5.53. The van der Waals surface area contributed by atoms with Crippen molar-refractivity contribution >= 4 is 12.2 Å². The second kappa shape index (κ2) is 7.63. The van der Waals surface area contributed by atoms with Crippen molar-refractivity contribution in [3.63, 3.8) is 0 Å². The maximum Gasteiger partial charge on any atom is 0.177 e. The van der Waals surface area contributed by atoms with Crippen molar-refractivity contribution in [1.29, 1.82) is 0 Å². The predicted molar refractivity (Wildman–Crippen MR) is 69.3 cm³/mol. The van der Waals surface area contributed by atoms with Crippen LogP contribution >= 0.6 is 12.2 Å². The smallest absolute Gasteiger partial charge is 0.177 e. The van der Waals surface area contributed by atoms with Crippen LogP contribution in [0.15, 0.2) is 6.20 Å². The fourth-order valence-corrected chi connectivity index (χ4v) is 1.91. The standard InChI is InChI=1S/C12H22N2OS/c1-3-5-8-15-9-6-7-14-11(4-2)10-13-12(14)16/h10H,3-9H2,1-2H3,(H,13,16). The summed E-state index contributed by atoms with van der Waals surface area (Å²) in [5.41, 5.74) is 1.28. The molecule has 0 amide bonds. The first kappa shape index (κ1) is 13.5. The first-order valence-corrected chi connectivity index (χ1v) is 6.55. The molecule has 0 spiro atoms. The minimum Gasteiger partial charge on any atom is -0.381 e. The Morgan fingerprint density at radius 2 is 2.06 bits per heavy atom. The van der Waals surface area contributed by atoms with Crippen LogP contribution in [0.3, 0.4) is 0 Å². The van der Waals surface area contributed by atoms with Gasteiger partial charge in [0.25, 0.3) is 0 Å². The van der Waals surface area contributed by atoms with Crippen molar-refractivity contribution in [2.75, 3.05) is 13.2 Å². The Kier molecular flexibility index (Phi) is 6.42. The number of hydrogen-bond acceptors (Lipinski definition) is 2. The second-order valence-corrected chi connectivity index (χ2v) is 4.30. The molecule has 1 N–H and O–H groups in total. The Hall–Kier alpha value is -0.610. The van der Waals surface area contributed by atoms with E-state index in [0.717, 1.165) is 43.8 Å². The summed E-state index contributed by atoms with van der Waals surface area (Å²) in [4.78, 5) is 3.09. The number of nitrogens with zero attached hydrogens (tertiary/aromatic N) is 1. The molecule has 0 atom stereocenters. The first-order chi connectivity index (χ1) is 7.79. The van der Waals surface area contributed by atoms with E-state index < -0.39 is 0 Å². The highest BCUT2D eigenvalue weighted by Crippen LogP contribution is 2.04. The highest BCUT2D eigenvalue weighted by Gasteiger charge is 2.01. The van der Waals surface area contributed by atoms with Gasteiger partial charge in [0.15, 0.2) is 4.77 Å². The lowest BCUT2D eigenvalue weighted by atomic mass is 10.3.